The van der Waals surface area contributed by atoms with Gasteiger partial charge >= 0.3 is 0 Å². The Labute approximate surface area is 167 Å². The van der Waals surface area contributed by atoms with Crippen molar-refractivity contribution in [2.75, 3.05) is 13.2 Å². The molecule has 0 aliphatic carbocycles. The van der Waals surface area contributed by atoms with Gasteiger partial charge in [-0.25, -0.2) is 17.5 Å². The number of benzene rings is 3. The van der Waals surface area contributed by atoms with Gasteiger partial charge in [-0.3, -0.25) is 0 Å². The first-order valence-corrected chi connectivity index (χ1v) is 10.4. The van der Waals surface area contributed by atoms with Crippen LogP contribution >= 0.6 is 0 Å². The molecule has 0 unspecified atom stereocenters. The summed E-state index contributed by atoms with van der Waals surface area (Å²) in [6.07, 6.45) is 0. The van der Waals surface area contributed by atoms with Crippen LogP contribution in [-0.2, 0) is 16.6 Å². The standard InChI is InChI=1S/C21H18FNO5S/c22-16-4-6-17(7-5-16)28-18-3-1-2-15(12-18)14-23-29(24,25)19-8-9-20-21(13-19)27-11-10-26-20/h1-9,12-13,23H,10-11,14H2. The molecule has 29 heavy (non-hydrogen) atoms. The average molecular weight is 415 g/mol. The second kappa shape index (κ2) is 8.10. The van der Waals surface area contributed by atoms with E-state index >= 15 is 0 Å². The van der Waals surface area contributed by atoms with Crippen LogP contribution in [-0.4, -0.2) is 21.6 Å². The summed E-state index contributed by atoms with van der Waals surface area (Å²) in [4.78, 5) is 0.0977. The third kappa shape index (κ3) is 4.67. The van der Waals surface area contributed by atoms with Gasteiger partial charge in [0.2, 0.25) is 10.0 Å². The Balaban J connectivity index is 1.45. The quantitative estimate of drug-likeness (QED) is 0.662. The minimum Gasteiger partial charge on any atom is -0.486 e. The monoisotopic (exact) mass is 415 g/mol. The molecule has 1 heterocycles. The number of rotatable bonds is 6. The zero-order chi connectivity index (χ0) is 20.3. The first kappa shape index (κ1) is 19.2. The first-order valence-electron chi connectivity index (χ1n) is 8.91. The molecular formula is C21H18FNO5S. The molecule has 0 saturated heterocycles. The lowest BCUT2D eigenvalue weighted by molar-refractivity contribution is 0.171. The van der Waals surface area contributed by atoms with Crippen molar-refractivity contribution < 1.29 is 27.0 Å². The lowest BCUT2D eigenvalue weighted by Crippen LogP contribution is -2.23. The normalized spacial score (nSPS) is 13.1. The Bertz CT molecular complexity index is 1120. The average Bonchev–Trinajstić information content (AvgIpc) is 2.74. The van der Waals surface area contributed by atoms with Crippen LogP contribution in [0.4, 0.5) is 4.39 Å². The molecular weight excluding hydrogens is 397 g/mol. The number of fused-ring (bicyclic) bond motifs is 1. The number of ether oxygens (including phenoxy) is 3. The summed E-state index contributed by atoms with van der Waals surface area (Å²) < 4.78 is 57.4. The highest BCUT2D eigenvalue weighted by Gasteiger charge is 2.19. The van der Waals surface area contributed by atoms with Crippen LogP contribution in [0.25, 0.3) is 0 Å². The van der Waals surface area contributed by atoms with E-state index in [1.54, 1.807) is 30.3 Å². The minimum atomic E-state index is -3.74. The largest absolute Gasteiger partial charge is 0.486 e. The van der Waals surface area contributed by atoms with Crippen molar-refractivity contribution in [1.82, 2.24) is 4.72 Å². The van der Waals surface area contributed by atoms with Gasteiger partial charge in [0.1, 0.15) is 30.5 Å². The van der Waals surface area contributed by atoms with Crippen LogP contribution in [0.3, 0.4) is 0 Å². The molecule has 1 aliphatic rings. The number of halogens is 1. The molecule has 0 bridgehead atoms. The maximum absolute atomic E-state index is 13.0. The van der Waals surface area contributed by atoms with E-state index < -0.39 is 10.0 Å². The fourth-order valence-corrected chi connectivity index (χ4v) is 3.84. The van der Waals surface area contributed by atoms with E-state index in [1.165, 1.54) is 36.4 Å². The summed E-state index contributed by atoms with van der Waals surface area (Å²) in [6, 6.07) is 17.2. The lowest BCUT2D eigenvalue weighted by atomic mass is 10.2. The van der Waals surface area contributed by atoms with Crippen LogP contribution < -0.4 is 18.9 Å². The fourth-order valence-electron chi connectivity index (χ4n) is 2.81. The van der Waals surface area contributed by atoms with Crippen LogP contribution in [0.5, 0.6) is 23.0 Å². The Morgan fingerprint density at radius 3 is 2.45 bits per heavy atom. The Morgan fingerprint density at radius 1 is 0.897 bits per heavy atom. The topological polar surface area (TPSA) is 73.9 Å². The molecule has 3 aromatic carbocycles. The molecule has 0 spiro atoms. The van der Waals surface area contributed by atoms with Gasteiger partial charge in [-0.2, -0.15) is 0 Å². The van der Waals surface area contributed by atoms with Crippen molar-refractivity contribution in [3.8, 4) is 23.0 Å². The van der Waals surface area contributed by atoms with E-state index in [0.717, 1.165) is 0 Å². The highest BCUT2D eigenvalue weighted by Crippen LogP contribution is 2.32. The summed E-state index contributed by atoms with van der Waals surface area (Å²) in [5.74, 6) is 1.60. The van der Waals surface area contributed by atoms with E-state index in [2.05, 4.69) is 4.72 Å². The minimum absolute atomic E-state index is 0.0807. The number of nitrogens with one attached hydrogen (secondary N) is 1. The molecule has 3 aromatic rings. The Hall–Kier alpha value is -3.10. The van der Waals surface area contributed by atoms with E-state index in [0.29, 0.717) is 41.8 Å². The predicted octanol–water partition coefficient (Wildman–Crippen LogP) is 3.87. The maximum Gasteiger partial charge on any atom is 0.241 e. The second-order valence-corrected chi connectivity index (χ2v) is 8.10. The summed E-state index contributed by atoms with van der Waals surface area (Å²) in [7, 11) is -3.74. The van der Waals surface area contributed by atoms with Gasteiger partial charge in [0, 0.05) is 12.6 Å². The van der Waals surface area contributed by atoms with Crippen molar-refractivity contribution >= 4 is 10.0 Å². The first-order chi connectivity index (χ1) is 14.0. The van der Waals surface area contributed by atoms with Crippen molar-refractivity contribution in [1.29, 1.82) is 0 Å². The van der Waals surface area contributed by atoms with Gasteiger partial charge in [0.15, 0.2) is 11.5 Å². The van der Waals surface area contributed by atoms with Crippen LogP contribution in [0.2, 0.25) is 0 Å². The molecule has 0 fully saturated rings. The van der Waals surface area contributed by atoms with E-state index in [1.807, 2.05) is 0 Å². The molecule has 4 rings (SSSR count). The van der Waals surface area contributed by atoms with Crippen molar-refractivity contribution in [2.24, 2.45) is 0 Å². The molecule has 0 aromatic heterocycles. The molecule has 0 saturated carbocycles. The van der Waals surface area contributed by atoms with Gasteiger partial charge < -0.3 is 14.2 Å². The van der Waals surface area contributed by atoms with Crippen LogP contribution in [0, 0.1) is 5.82 Å². The van der Waals surface area contributed by atoms with E-state index in [4.69, 9.17) is 14.2 Å². The molecule has 0 atom stereocenters. The van der Waals surface area contributed by atoms with Gasteiger partial charge in [-0.15, -0.1) is 0 Å². The molecule has 1 aliphatic heterocycles. The highest BCUT2D eigenvalue weighted by molar-refractivity contribution is 7.89. The summed E-state index contributed by atoms with van der Waals surface area (Å²) >= 11 is 0. The zero-order valence-electron chi connectivity index (χ0n) is 15.3. The van der Waals surface area contributed by atoms with Gasteiger partial charge in [0.25, 0.3) is 0 Å². The molecule has 0 amide bonds. The summed E-state index contributed by atoms with van der Waals surface area (Å²) in [6.45, 7) is 0.899. The third-order valence-corrected chi connectivity index (χ3v) is 5.64. The van der Waals surface area contributed by atoms with Crippen molar-refractivity contribution in [3.05, 3.63) is 78.1 Å². The number of sulfonamides is 1. The molecule has 8 heteroatoms. The van der Waals surface area contributed by atoms with Crippen molar-refractivity contribution in [3.63, 3.8) is 0 Å². The van der Waals surface area contributed by atoms with Gasteiger partial charge in [-0.1, -0.05) is 12.1 Å². The van der Waals surface area contributed by atoms with Crippen molar-refractivity contribution in [2.45, 2.75) is 11.4 Å². The second-order valence-electron chi connectivity index (χ2n) is 6.33. The maximum atomic E-state index is 13.0. The zero-order valence-corrected chi connectivity index (χ0v) is 16.1. The molecule has 0 radical (unpaired) electrons. The molecule has 1 N–H and O–H groups in total. The lowest BCUT2D eigenvalue weighted by Gasteiger charge is -2.19. The number of hydrogen-bond donors (Lipinski definition) is 1. The number of hydrogen-bond acceptors (Lipinski definition) is 5. The van der Waals surface area contributed by atoms with Gasteiger partial charge in [0.05, 0.1) is 4.90 Å². The smallest absolute Gasteiger partial charge is 0.241 e. The SMILES string of the molecule is O=S(=O)(NCc1cccc(Oc2ccc(F)cc2)c1)c1ccc2c(c1)OCCO2. The van der Waals surface area contributed by atoms with Gasteiger partial charge in [-0.05, 0) is 54.1 Å². The highest BCUT2D eigenvalue weighted by atomic mass is 32.2. The Morgan fingerprint density at radius 2 is 1.66 bits per heavy atom. The third-order valence-electron chi connectivity index (χ3n) is 4.24. The summed E-state index contributed by atoms with van der Waals surface area (Å²) in [5.41, 5.74) is 0.714. The molecule has 150 valence electrons. The summed E-state index contributed by atoms with van der Waals surface area (Å²) in [5, 5.41) is 0. The van der Waals surface area contributed by atoms with Crippen LogP contribution in [0.15, 0.2) is 71.6 Å². The van der Waals surface area contributed by atoms with E-state index in [-0.39, 0.29) is 17.3 Å². The van der Waals surface area contributed by atoms with E-state index in [9.17, 15) is 12.8 Å². The predicted molar refractivity (Wildman–Crippen MR) is 104 cm³/mol. The Kier molecular flexibility index (Phi) is 5.37. The van der Waals surface area contributed by atoms with Crippen LogP contribution in [0.1, 0.15) is 5.56 Å². The fraction of sp³-hybridized carbons (Fsp3) is 0.143. The molecule has 6 nitrogen and oxygen atoms in total.